The minimum Gasteiger partial charge on any atom is -0.308 e. The highest BCUT2D eigenvalue weighted by molar-refractivity contribution is 8.07. The van der Waals surface area contributed by atoms with Gasteiger partial charge in [-0.05, 0) is 12.0 Å². The molecule has 0 atom stereocenters. The number of hydrogen-bond donors (Lipinski definition) is 1. The van der Waals surface area contributed by atoms with Gasteiger partial charge in [-0.25, -0.2) is 8.42 Å². The van der Waals surface area contributed by atoms with E-state index in [0.29, 0.717) is 12.1 Å². The number of aryl methyl sites for hydroxylation is 1. The van der Waals surface area contributed by atoms with Gasteiger partial charge in [0.1, 0.15) is 0 Å². The largest absolute Gasteiger partial charge is 0.308 e. The third kappa shape index (κ3) is 2.09. The minimum atomic E-state index is -3.21. The Balaban J connectivity index is 2.40. The van der Waals surface area contributed by atoms with Crippen LogP contribution in [0, 0.1) is 0 Å². The second kappa shape index (κ2) is 4.25. The van der Waals surface area contributed by atoms with Gasteiger partial charge in [-0.1, -0.05) is 31.2 Å². The van der Waals surface area contributed by atoms with Crippen LogP contribution in [0.2, 0.25) is 0 Å². The molecule has 16 heavy (non-hydrogen) atoms. The predicted octanol–water partition coefficient (Wildman–Crippen LogP) is 0.929. The fraction of sp³-hybridized carbons (Fsp3) is 0.364. The first-order valence-corrected chi connectivity index (χ1v) is 6.91. The molecule has 1 N–H and O–H groups in total. The highest BCUT2D eigenvalue weighted by atomic mass is 32.2. The van der Waals surface area contributed by atoms with Crippen molar-refractivity contribution in [2.75, 3.05) is 12.3 Å². The van der Waals surface area contributed by atoms with Gasteiger partial charge in [0.2, 0.25) is 0 Å². The molecule has 4 nitrogen and oxygen atoms in total. The number of nitrogens with one attached hydrogen (secondary N) is 1. The van der Waals surface area contributed by atoms with E-state index in [1.165, 1.54) is 5.56 Å². The van der Waals surface area contributed by atoms with Gasteiger partial charge in [-0.3, -0.25) is 0 Å². The Labute approximate surface area is 95.3 Å². The summed E-state index contributed by atoms with van der Waals surface area (Å²) in [6.07, 6.45) is 0.942. The van der Waals surface area contributed by atoms with Crippen LogP contribution in [0.5, 0.6) is 0 Å². The maximum atomic E-state index is 11.8. The average molecular weight is 238 g/mol. The summed E-state index contributed by atoms with van der Waals surface area (Å²) < 4.78 is 23.5. The maximum absolute atomic E-state index is 11.8. The third-order valence-electron chi connectivity index (χ3n) is 2.57. The van der Waals surface area contributed by atoms with Crippen LogP contribution in [0.15, 0.2) is 29.4 Å². The molecule has 0 aromatic heterocycles. The first-order valence-electron chi connectivity index (χ1n) is 5.26. The highest BCUT2D eigenvalue weighted by Crippen LogP contribution is 2.12. The predicted molar refractivity (Wildman–Crippen MR) is 64.1 cm³/mol. The molecule has 86 valence electrons. The fourth-order valence-corrected chi connectivity index (χ4v) is 2.85. The van der Waals surface area contributed by atoms with Gasteiger partial charge in [-0.15, -0.1) is 0 Å². The summed E-state index contributed by atoms with van der Waals surface area (Å²) in [5, 5.41) is 4.04. The van der Waals surface area contributed by atoms with Gasteiger partial charge in [0, 0.05) is 12.1 Å². The van der Waals surface area contributed by atoms with Crippen LogP contribution in [0.3, 0.4) is 0 Å². The maximum Gasteiger partial charge on any atom is 0.199 e. The number of hydrazone groups is 1. The van der Waals surface area contributed by atoms with Gasteiger partial charge >= 0.3 is 0 Å². The molecule has 0 radical (unpaired) electrons. The molecule has 1 aromatic carbocycles. The van der Waals surface area contributed by atoms with Crippen molar-refractivity contribution >= 4 is 14.9 Å². The van der Waals surface area contributed by atoms with Crippen LogP contribution < -0.4 is 5.43 Å². The van der Waals surface area contributed by atoms with E-state index in [-0.39, 0.29) is 10.8 Å². The summed E-state index contributed by atoms with van der Waals surface area (Å²) >= 11 is 0. The Hall–Kier alpha value is -1.36. The van der Waals surface area contributed by atoms with Gasteiger partial charge in [0.25, 0.3) is 0 Å². The molecule has 1 heterocycles. The zero-order valence-electron chi connectivity index (χ0n) is 9.10. The second-order valence-corrected chi connectivity index (χ2v) is 5.72. The quantitative estimate of drug-likeness (QED) is 0.833. The lowest BCUT2D eigenvalue weighted by Gasteiger charge is -2.13. The van der Waals surface area contributed by atoms with E-state index in [1.54, 1.807) is 0 Å². The van der Waals surface area contributed by atoms with Crippen molar-refractivity contribution in [3.05, 3.63) is 35.4 Å². The fourth-order valence-electron chi connectivity index (χ4n) is 1.60. The Morgan fingerprint density at radius 2 is 2.00 bits per heavy atom. The summed E-state index contributed by atoms with van der Waals surface area (Å²) in [6, 6.07) is 7.48. The van der Waals surface area contributed by atoms with Crippen LogP contribution >= 0.6 is 0 Å². The summed E-state index contributed by atoms with van der Waals surface area (Å²) in [4.78, 5) is 0. The molecule has 1 aromatic rings. The lowest BCUT2D eigenvalue weighted by atomic mass is 10.1. The Morgan fingerprint density at radius 3 is 2.56 bits per heavy atom. The molecule has 0 spiro atoms. The van der Waals surface area contributed by atoms with Gasteiger partial charge in [0.15, 0.2) is 14.9 Å². The third-order valence-corrected chi connectivity index (χ3v) is 4.22. The molecule has 0 amide bonds. The van der Waals surface area contributed by atoms with Crippen molar-refractivity contribution < 1.29 is 8.42 Å². The summed E-state index contributed by atoms with van der Waals surface area (Å²) in [5.41, 5.74) is 4.57. The molecule has 0 saturated heterocycles. The Bertz CT molecular complexity index is 503. The number of benzene rings is 1. The molecule has 0 bridgehead atoms. The molecule has 0 unspecified atom stereocenters. The molecule has 2 rings (SSSR count). The first kappa shape index (κ1) is 11.1. The topological polar surface area (TPSA) is 58.5 Å². The lowest BCUT2D eigenvalue weighted by molar-refractivity contribution is 0.598. The summed E-state index contributed by atoms with van der Waals surface area (Å²) in [7, 11) is -3.21. The van der Waals surface area contributed by atoms with Gasteiger partial charge < -0.3 is 5.43 Å². The zero-order valence-corrected chi connectivity index (χ0v) is 9.92. The monoisotopic (exact) mass is 238 g/mol. The molecule has 0 saturated carbocycles. The average Bonchev–Trinajstić information content (AvgIpc) is 2.29. The molecule has 0 aliphatic carbocycles. The lowest BCUT2D eigenvalue weighted by Crippen LogP contribution is -2.33. The van der Waals surface area contributed by atoms with Crippen molar-refractivity contribution in [1.82, 2.24) is 5.43 Å². The molecule has 1 aliphatic heterocycles. The van der Waals surface area contributed by atoms with E-state index in [9.17, 15) is 8.42 Å². The van der Waals surface area contributed by atoms with Crippen LogP contribution in [0.4, 0.5) is 0 Å². The molecule has 5 heteroatoms. The molecular weight excluding hydrogens is 224 g/mol. The summed E-state index contributed by atoms with van der Waals surface area (Å²) in [5.74, 6) is 0.112. The van der Waals surface area contributed by atoms with E-state index in [4.69, 9.17) is 0 Å². The molecule has 0 fully saturated rings. The van der Waals surface area contributed by atoms with E-state index >= 15 is 0 Å². The van der Waals surface area contributed by atoms with E-state index in [0.717, 1.165) is 6.42 Å². The van der Waals surface area contributed by atoms with E-state index < -0.39 is 9.84 Å². The number of hydrogen-bond acceptors (Lipinski definition) is 4. The Kier molecular flexibility index (Phi) is 2.96. The van der Waals surface area contributed by atoms with Gasteiger partial charge in [0.05, 0.1) is 5.75 Å². The van der Waals surface area contributed by atoms with Gasteiger partial charge in [-0.2, -0.15) is 5.10 Å². The van der Waals surface area contributed by atoms with E-state index in [2.05, 4.69) is 17.5 Å². The molecule has 1 aliphatic rings. The SMILES string of the molecule is CCc1ccc(C2=NNCCS2(=O)=O)cc1. The molecular formula is C11H14N2O2S. The van der Waals surface area contributed by atoms with Crippen molar-refractivity contribution in [1.29, 1.82) is 0 Å². The van der Waals surface area contributed by atoms with Crippen molar-refractivity contribution in [2.24, 2.45) is 5.10 Å². The minimum absolute atomic E-state index is 0.112. The summed E-state index contributed by atoms with van der Waals surface area (Å²) in [6.45, 7) is 2.45. The van der Waals surface area contributed by atoms with Crippen molar-refractivity contribution in [3.8, 4) is 0 Å². The second-order valence-electron chi connectivity index (χ2n) is 3.69. The first-order chi connectivity index (χ1) is 7.63. The van der Waals surface area contributed by atoms with Crippen molar-refractivity contribution in [2.45, 2.75) is 13.3 Å². The standard InChI is InChI=1S/C11H14N2O2S/c1-2-9-3-5-10(6-4-9)11-13-12-7-8-16(11,14)15/h3-6,12H,2,7-8H2,1H3. The smallest absolute Gasteiger partial charge is 0.199 e. The van der Waals surface area contributed by atoms with E-state index in [1.807, 2.05) is 24.3 Å². The normalized spacial score (nSPS) is 18.7. The van der Waals surface area contributed by atoms with Crippen LogP contribution in [0.25, 0.3) is 0 Å². The highest BCUT2D eigenvalue weighted by Gasteiger charge is 2.24. The number of sulfone groups is 1. The number of rotatable bonds is 2. The van der Waals surface area contributed by atoms with Crippen LogP contribution in [-0.4, -0.2) is 25.8 Å². The van der Waals surface area contributed by atoms with Crippen LogP contribution in [0.1, 0.15) is 18.1 Å². The number of nitrogens with zero attached hydrogens (tertiary/aromatic N) is 1. The van der Waals surface area contributed by atoms with Crippen molar-refractivity contribution in [3.63, 3.8) is 0 Å². The Morgan fingerprint density at radius 1 is 1.31 bits per heavy atom. The zero-order chi connectivity index (χ0) is 11.6. The van der Waals surface area contributed by atoms with Crippen LogP contribution in [-0.2, 0) is 16.3 Å².